The zero-order valence-electron chi connectivity index (χ0n) is 18.0. The van der Waals surface area contributed by atoms with Crippen LogP contribution < -0.4 is 0 Å². The predicted octanol–water partition coefficient (Wildman–Crippen LogP) is 4.06. The fourth-order valence-corrected chi connectivity index (χ4v) is 4.92. The second kappa shape index (κ2) is 7.94. The van der Waals surface area contributed by atoms with Crippen LogP contribution in [0, 0.1) is 13.8 Å². The van der Waals surface area contributed by atoms with Crippen molar-refractivity contribution in [3.05, 3.63) is 34.5 Å². The van der Waals surface area contributed by atoms with Gasteiger partial charge in [0.1, 0.15) is 11.5 Å². The summed E-state index contributed by atoms with van der Waals surface area (Å²) >= 11 is 0. The first-order chi connectivity index (χ1) is 13.9. The monoisotopic (exact) mass is 400 g/mol. The molecular formula is C22H32N4O3. The Morgan fingerprint density at radius 3 is 2.52 bits per heavy atom. The minimum Gasteiger partial charge on any atom is -0.361 e. The molecule has 0 aromatic carbocycles. The molecule has 0 radical (unpaired) electrons. The van der Waals surface area contributed by atoms with Crippen LogP contribution in [0.1, 0.15) is 85.1 Å². The van der Waals surface area contributed by atoms with Crippen LogP contribution in [0.4, 0.5) is 0 Å². The van der Waals surface area contributed by atoms with E-state index in [1.54, 1.807) is 0 Å². The molecule has 0 N–H and O–H groups in total. The summed E-state index contributed by atoms with van der Waals surface area (Å²) in [6.45, 7) is 11.8. The highest BCUT2D eigenvalue weighted by molar-refractivity contribution is 5.93. The van der Waals surface area contributed by atoms with Crippen molar-refractivity contribution in [1.29, 1.82) is 0 Å². The third kappa shape index (κ3) is 3.84. The molecule has 7 nitrogen and oxygen atoms in total. The second-order valence-electron chi connectivity index (χ2n) is 8.99. The molecule has 2 aliphatic heterocycles. The van der Waals surface area contributed by atoms with Crippen LogP contribution in [-0.4, -0.2) is 51.2 Å². The molecule has 158 valence electrons. The summed E-state index contributed by atoms with van der Waals surface area (Å²) < 4.78 is 10.7. The van der Waals surface area contributed by atoms with E-state index in [-0.39, 0.29) is 17.4 Å². The Hall–Kier alpha value is -2.15. The molecule has 1 atom stereocenters. The number of rotatable bonds is 4. The maximum absolute atomic E-state index is 13.3. The van der Waals surface area contributed by atoms with Gasteiger partial charge in [-0.3, -0.25) is 9.69 Å². The number of nitrogens with zero attached hydrogens (tertiary/aromatic N) is 4. The van der Waals surface area contributed by atoms with Crippen LogP contribution in [0.3, 0.4) is 0 Å². The standard InChI is InChI=1S/C22H32N4O3/c1-15(2)20-13-19(24-29-20)21(27)26-11-6-8-22(26)7-5-10-25(12-9-22)14-18-16(3)23-28-17(18)4/h13,15H,5-12,14H2,1-4H3/t22-/m1/s1. The number of hydrogen-bond donors (Lipinski definition) is 0. The van der Waals surface area contributed by atoms with E-state index in [1.807, 2.05) is 33.8 Å². The molecule has 2 aromatic rings. The molecule has 0 saturated carbocycles. The van der Waals surface area contributed by atoms with Crippen LogP contribution in [0.5, 0.6) is 0 Å². The topological polar surface area (TPSA) is 75.6 Å². The van der Waals surface area contributed by atoms with Gasteiger partial charge in [-0.15, -0.1) is 0 Å². The fourth-order valence-electron chi connectivity index (χ4n) is 4.92. The van der Waals surface area contributed by atoms with Gasteiger partial charge in [0.05, 0.1) is 5.69 Å². The number of amides is 1. The minimum atomic E-state index is -0.0541. The molecule has 1 spiro atoms. The van der Waals surface area contributed by atoms with Gasteiger partial charge in [0.2, 0.25) is 0 Å². The van der Waals surface area contributed by atoms with E-state index in [2.05, 4.69) is 20.1 Å². The third-order valence-corrected chi connectivity index (χ3v) is 6.73. The van der Waals surface area contributed by atoms with Crippen molar-refractivity contribution in [2.24, 2.45) is 0 Å². The number of aryl methyl sites for hydroxylation is 2. The van der Waals surface area contributed by atoms with E-state index >= 15 is 0 Å². The second-order valence-corrected chi connectivity index (χ2v) is 8.99. The molecule has 0 unspecified atom stereocenters. The largest absolute Gasteiger partial charge is 0.361 e. The third-order valence-electron chi connectivity index (χ3n) is 6.73. The lowest BCUT2D eigenvalue weighted by atomic mass is 9.87. The van der Waals surface area contributed by atoms with Crippen molar-refractivity contribution in [3.63, 3.8) is 0 Å². The van der Waals surface area contributed by atoms with Crippen molar-refractivity contribution in [2.75, 3.05) is 19.6 Å². The van der Waals surface area contributed by atoms with Crippen LogP contribution in [0.2, 0.25) is 0 Å². The molecule has 4 heterocycles. The Balaban J connectivity index is 1.47. The summed E-state index contributed by atoms with van der Waals surface area (Å²) in [6, 6.07) is 1.82. The van der Waals surface area contributed by atoms with E-state index in [9.17, 15) is 4.79 Å². The van der Waals surface area contributed by atoms with E-state index in [0.29, 0.717) is 5.69 Å². The molecule has 4 rings (SSSR count). The molecule has 0 bridgehead atoms. The van der Waals surface area contributed by atoms with Crippen molar-refractivity contribution in [2.45, 2.75) is 77.8 Å². The average Bonchev–Trinajstić information content (AvgIpc) is 3.37. The number of aromatic nitrogens is 2. The molecule has 2 aliphatic rings. The summed E-state index contributed by atoms with van der Waals surface area (Å²) in [5.41, 5.74) is 2.57. The van der Waals surface area contributed by atoms with E-state index < -0.39 is 0 Å². The summed E-state index contributed by atoms with van der Waals surface area (Å²) in [4.78, 5) is 17.8. The van der Waals surface area contributed by atoms with Gasteiger partial charge >= 0.3 is 0 Å². The maximum Gasteiger partial charge on any atom is 0.276 e. The number of carbonyl (C=O) groups excluding carboxylic acids is 1. The highest BCUT2D eigenvalue weighted by atomic mass is 16.5. The Morgan fingerprint density at radius 2 is 1.86 bits per heavy atom. The highest BCUT2D eigenvalue weighted by Gasteiger charge is 2.45. The summed E-state index contributed by atoms with van der Waals surface area (Å²) in [5.74, 6) is 1.93. The van der Waals surface area contributed by atoms with Crippen LogP contribution in [-0.2, 0) is 6.54 Å². The predicted molar refractivity (Wildman–Crippen MR) is 109 cm³/mol. The lowest BCUT2D eigenvalue weighted by Crippen LogP contribution is -2.48. The lowest BCUT2D eigenvalue weighted by molar-refractivity contribution is 0.0547. The summed E-state index contributed by atoms with van der Waals surface area (Å²) in [5, 5.41) is 8.16. The first-order valence-corrected chi connectivity index (χ1v) is 10.8. The quantitative estimate of drug-likeness (QED) is 0.770. The average molecular weight is 401 g/mol. The molecule has 7 heteroatoms. The fraction of sp³-hybridized carbons (Fsp3) is 0.682. The summed E-state index contributed by atoms with van der Waals surface area (Å²) in [6.07, 6.45) is 5.27. The normalized spacial score (nSPS) is 23.3. The zero-order valence-corrected chi connectivity index (χ0v) is 18.0. The smallest absolute Gasteiger partial charge is 0.276 e. The molecule has 0 aliphatic carbocycles. The Kier molecular flexibility index (Phi) is 5.51. The zero-order chi connectivity index (χ0) is 20.6. The SMILES string of the molecule is Cc1noc(C)c1CN1CCC[C@@]2(CCCN2C(=O)c2cc(C(C)C)on2)CC1. The Morgan fingerprint density at radius 1 is 1.10 bits per heavy atom. The van der Waals surface area contributed by atoms with Gasteiger partial charge in [0, 0.05) is 42.7 Å². The summed E-state index contributed by atoms with van der Waals surface area (Å²) in [7, 11) is 0. The Bertz CT molecular complexity index is 852. The number of likely N-dealkylation sites (tertiary alicyclic amines) is 2. The molecule has 2 fully saturated rings. The number of carbonyl (C=O) groups is 1. The van der Waals surface area contributed by atoms with E-state index in [1.165, 1.54) is 5.56 Å². The first-order valence-electron chi connectivity index (χ1n) is 10.8. The number of hydrogen-bond acceptors (Lipinski definition) is 6. The van der Waals surface area contributed by atoms with Gasteiger partial charge < -0.3 is 13.9 Å². The van der Waals surface area contributed by atoms with Gasteiger partial charge in [0.15, 0.2) is 5.69 Å². The minimum absolute atomic E-state index is 0.0253. The van der Waals surface area contributed by atoms with Gasteiger partial charge in [-0.1, -0.05) is 24.2 Å². The van der Waals surface area contributed by atoms with Crippen LogP contribution in [0.25, 0.3) is 0 Å². The van der Waals surface area contributed by atoms with Crippen LogP contribution >= 0.6 is 0 Å². The first kappa shape index (κ1) is 20.1. The van der Waals surface area contributed by atoms with Crippen LogP contribution in [0.15, 0.2) is 15.1 Å². The molecule has 1 amide bonds. The maximum atomic E-state index is 13.3. The van der Waals surface area contributed by atoms with Gasteiger partial charge in [0.25, 0.3) is 5.91 Å². The van der Waals surface area contributed by atoms with E-state index in [0.717, 1.165) is 75.5 Å². The van der Waals surface area contributed by atoms with Gasteiger partial charge in [-0.25, -0.2) is 0 Å². The van der Waals surface area contributed by atoms with Gasteiger partial charge in [-0.2, -0.15) is 0 Å². The molecule has 2 aromatic heterocycles. The lowest BCUT2D eigenvalue weighted by Gasteiger charge is -2.37. The molecular weight excluding hydrogens is 368 g/mol. The highest BCUT2D eigenvalue weighted by Crippen LogP contribution is 2.39. The van der Waals surface area contributed by atoms with E-state index in [4.69, 9.17) is 9.05 Å². The van der Waals surface area contributed by atoms with Crippen molar-refractivity contribution in [1.82, 2.24) is 20.1 Å². The van der Waals surface area contributed by atoms with Gasteiger partial charge in [-0.05, 0) is 52.5 Å². The van der Waals surface area contributed by atoms with Crippen molar-refractivity contribution in [3.8, 4) is 0 Å². The molecule has 29 heavy (non-hydrogen) atoms. The van der Waals surface area contributed by atoms with Crippen molar-refractivity contribution >= 4 is 5.91 Å². The molecule has 2 saturated heterocycles. The van der Waals surface area contributed by atoms with Crippen molar-refractivity contribution < 1.29 is 13.8 Å². The Labute approximate surface area is 172 Å².